The molecule has 1 N–H and O–H groups in total. The number of halogens is 1. The van der Waals surface area contributed by atoms with Crippen molar-refractivity contribution in [1.82, 2.24) is 5.32 Å². The zero-order chi connectivity index (χ0) is 8.97. The van der Waals surface area contributed by atoms with Gasteiger partial charge in [-0.25, -0.2) is 4.79 Å². The van der Waals surface area contributed by atoms with Gasteiger partial charge in [-0.3, -0.25) is 0 Å². The molecule has 4 heteroatoms. The van der Waals surface area contributed by atoms with Gasteiger partial charge in [0, 0.05) is 7.05 Å². The van der Waals surface area contributed by atoms with Gasteiger partial charge in [-0.05, 0) is 12.1 Å². The zero-order valence-corrected chi connectivity index (χ0v) is 6.62. The first-order valence-corrected chi connectivity index (χ1v) is 3.48. The molecule has 3 nitrogen and oxygen atoms in total. The van der Waals surface area contributed by atoms with Crippen LogP contribution in [0.3, 0.4) is 0 Å². The molecule has 0 bridgehead atoms. The number of anilines is 1. The van der Waals surface area contributed by atoms with E-state index in [4.69, 9.17) is 0 Å². The minimum Gasteiger partial charge on any atom is -0.339 e. The third kappa shape index (κ3) is 1.72. The molecule has 0 aliphatic heterocycles. The lowest BCUT2D eigenvalue weighted by Crippen LogP contribution is -2.31. The zero-order valence-electron chi connectivity index (χ0n) is 6.62. The van der Waals surface area contributed by atoms with E-state index in [1.807, 2.05) is 0 Å². The Kier molecular flexibility index (Phi) is 2.63. The monoisotopic (exact) mass is 168 g/mol. The van der Waals surface area contributed by atoms with E-state index in [0.29, 0.717) is 0 Å². The van der Waals surface area contributed by atoms with Crippen molar-refractivity contribution < 1.29 is 9.28 Å². The number of carbonyl (C=O) groups is 1. The summed E-state index contributed by atoms with van der Waals surface area (Å²) in [5, 5.41) is 2.23. The Morgan fingerprint density at radius 3 is 2.50 bits per heavy atom. The van der Waals surface area contributed by atoms with Crippen molar-refractivity contribution in [2.45, 2.75) is 0 Å². The van der Waals surface area contributed by atoms with E-state index < -0.39 is 6.03 Å². The lowest BCUT2D eigenvalue weighted by atomic mass is 10.3. The van der Waals surface area contributed by atoms with Gasteiger partial charge in [0.2, 0.25) is 0 Å². The van der Waals surface area contributed by atoms with Crippen LogP contribution in [0.4, 0.5) is 15.0 Å². The number of hydrogen-bond acceptors (Lipinski definition) is 1. The summed E-state index contributed by atoms with van der Waals surface area (Å²) in [6.45, 7) is 0. The quantitative estimate of drug-likeness (QED) is 0.636. The molecule has 2 amide bonds. The van der Waals surface area contributed by atoms with E-state index in [-0.39, 0.29) is 10.8 Å². The largest absolute Gasteiger partial charge is 0.350 e. The number of amides is 2. The summed E-state index contributed by atoms with van der Waals surface area (Å²) >= 11 is 0. The summed E-state index contributed by atoms with van der Waals surface area (Å²) in [4.78, 5) is 10.8. The van der Waals surface area contributed by atoms with Gasteiger partial charge in [0.1, 0.15) is 0 Å². The fourth-order valence-electron chi connectivity index (χ4n) is 0.774. The highest BCUT2D eigenvalue weighted by molar-refractivity contribution is 5.89. The highest BCUT2D eigenvalue weighted by Crippen LogP contribution is 2.12. The van der Waals surface area contributed by atoms with Crippen LogP contribution in [-0.2, 0) is 0 Å². The smallest absolute Gasteiger partial charge is 0.339 e. The van der Waals surface area contributed by atoms with Gasteiger partial charge in [0.25, 0.3) is 0 Å². The number of hydrogen-bond donors (Lipinski definition) is 1. The number of para-hydroxylation sites is 1. The van der Waals surface area contributed by atoms with Crippen molar-refractivity contribution in [2.75, 3.05) is 12.2 Å². The minimum atomic E-state index is -0.777. The Labute approximate surface area is 69.7 Å². The Hall–Kier alpha value is -1.58. The molecule has 0 unspecified atom stereocenters. The van der Waals surface area contributed by atoms with Crippen molar-refractivity contribution in [3.05, 3.63) is 30.3 Å². The fraction of sp³-hybridized carbons (Fsp3) is 0.125. The second-order valence-electron chi connectivity index (χ2n) is 2.17. The predicted molar refractivity (Wildman–Crippen MR) is 44.5 cm³/mol. The van der Waals surface area contributed by atoms with Crippen LogP contribution in [0.2, 0.25) is 0 Å². The fourth-order valence-corrected chi connectivity index (χ4v) is 0.774. The SMILES string of the molecule is CNC(=O)N(F)c1ccccc1. The number of urea groups is 1. The molecule has 1 aromatic rings. The molecule has 64 valence electrons. The van der Waals surface area contributed by atoms with Crippen molar-refractivity contribution in [2.24, 2.45) is 0 Å². The van der Waals surface area contributed by atoms with E-state index in [9.17, 15) is 9.28 Å². The molecular weight excluding hydrogens is 159 g/mol. The molecule has 12 heavy (non-hydrogen) atoms. The van der Waals surface area contributed by atoms with Gasteiger partial charge < -0.3 is 5.32 Å². The van der Waals surface area contributed by atoms with Gasteiger partial charge in [0.05, 0.1) is 5.69 Å². The molecule has 0 radical (unpaired) electrons. The molecule has 1 rings (SSSR count). The summed E-state index contributed by atoms with van der Waals surface area (Å²) < 4.78 is 13.0. The van der Waals surface area contributed by atoms with Crippen molar-refractivity contribution in [3.8, 4) is 0 Å². The van der Waals surface area contributed by atoms with Gasteiger partial charge in [0.15, 0.2) is 0 Å². The van der Waals surface area contributed by atoms with E-state index >= 15 is 0 Å². The molecule has 0 saturated carbocycles. The summed E-state index contributed by atoms with van der Waals surface area (Å²) in [5.74, 6) is 0. The van der Waals surface area contributed by atoms with Crippen molar-refractivity contribution in [3.63, 3.8) is 0 Å². The number of benzene rings is 1. The first-order chi connectivity index (χ1) is 5.75. The van der Waals surface area contributed by atoms with E-state index in [2.05, 4.69) is 5.32 Å². The Bertz CT molecular complexity index is 263. The lowest BCUT2D eigenvalue weighted by Gasteiger charge is -2.09. The average molecular weight is 168 g/mol. The van der Waals surface area contributed by atoms with Crippen molar-refractivity contribution in [1.29, 1.82) is 0 Å². The molecule has 0 aromatic heterocycles. The highest BCUT2D eigenvalue weighted by atomic mass is 19.2. The van der Waals surface area contributed by atoms with Crippen LogP contribution in [0.5, 0.6) is 0 Å². The molecule has 0 fully saturated rings. The van der Waals surface area contributed by atoms with Crippen LogP contribution in [0.25, 0.3) is 0 Å². The van der Waals surface area contributed by atoms with Crippen LogP contribution in [0.1, 0.15) is 0 Å². The summed E-state index contributed by atoms with van der Waals surface area (Å²) in [5.41, 5.74) is 0.219. The van der Waals surface area contributed by atoms with Crippen LogP contribution in [0, 0.1) is 0 Å². The molecule has 0 aliphatic rings. The third-order valence-corrected chi connectivity index (χ3v) is 1.38. The number of rotatable bonds is 1. The Morgan fingerprint density at radius 2 is 2.00 bits per heavy atom. The van der Waals surface area contributed by atoms with Gasteiger partial charge in [-0.1, -0.05) is 22.7 Å². The molecule has 0 atom stereocenters. The van der Waals surface area contributed by atoms with E-state index in [1.54, 1.807) is 18.2 Å². The van der Waals surface area contributed by atoms with E-state index in [0.717, 1.165) is 0 Å². The van der Waals surface area contributed by atoms with Crippen LogP contribution < -0.4 is 10.4 Å². The maximum absolute atomic E-state index is 13.0. The molecule has 0 heterocycles. The van der Waals surface area contributed by atoms with Gasteiger partial charge in [-0.15, -0.1) is 5.12 Å². The summed E-state index contributed by atoms with van der Waals surface area (Å²) in [6, 6.07) is 7.31. The lowest BCUT2D eigenvalue weighted by molar-refractivity contribution is 0.235. The number of nitrogens with zero attached hydrogens (tertiary/aromatic N) is 1. The highest BCUT2D eigenvalue weighted by Gasteiger charge is 2.11. The Balaban J connectivity index is 2.78. The molecular formula is C8H9FN2O. The van der Waals surface area contributed by atoms with Crippen LogP contribution >= 0.6 is 0 Å². The summed E-state index contributed by atoms with van der Waals surface area (Å²) in [7, 11) is 1.37. The van der Waals surface area contributed by atoms with Gasteiger partial charge >= 0.3 is 6.03 Å². The third-order valence-electron chi connectivity index (χ3n) is 1.38. The molecule has 1 aromatic carbocycles. The predicted octanol–water partition coefficient (Wildman–Crippen LogP) is 1.72. The topological polar surface area (TPSA) is 32.3 Å². The van der Waals surface area contributed by atoms with E-state index in [1.165, 1.54) is 19.2 Å². The first kappa shape index (κ1) is 8.52. The summed E-state index contributed by atoms with van der Waals surface area (Å²) in [6.07, 6.45) is 0. The molecule has 0 spiro atoms. The average Bonchev–Trinajstić information content (AvgIpc) is 2.17. The number of nitrogens with one attached hydrogen (secondary N) is 1. The second kappa shape index (κ2) is 3.71. The maximum Gasteiger partial charge on any atom is 0.350 e. The Morgan fingerprint density at radius 1 is 1.42 bits per heavy atom. The first-order valence-electron chi connectivity index (χ1n) is 3.48. The number of carbonyl (C=O) groups excluding carboxylic acids is 1. The molecule has 0 saturated heterocycles. The van der Waals surface area contributed by atoms with Crippen LogP contribution in [-0.4, -0.2) is 13.1 Å². The van der Waals surface area contributed by atoms with Crippen LogP contribution in [0.15, 0.2) is 30.3 Å². The second-order valence-corrected chi connectivity index (χ2v) is 2.17. The molecule has 0 aliphatic carbocycles. The minimum absolute atomic E-state index is 0.0556. The standard InChI is InChI=1S/C8H9FN2O/c1-10-8(12)11(9)7-5-3-2-4-6-7/h2-6H,1H3,(H,10,12). The van der Waals surface area contributed by atoms with Gasteiger partial charge in [-0.2, -0.15) is 0 Å². The maximum atomic E-state index is 13.0. The normalized spacial score (nSPS) is 9.17. The van der Waals surface area contributed by atoms with Crippen molar-refractivity contribution >= 4 is 11.7 Å².